The van der Waals surface area contributed by atoms with Gasteiger partial charge in [0, 0.05) is 25.8 Å². The second kappa shape index (κ2) is 8.32. The molecule has 2 nitrogen and oxygen atoms in total. The predicted molar refractivity (Wildman–Crippen MR) is 87.1 cm³/mol. The van der Waals surface area contributed by atoms with Gasteiger partial charge in [-0.25, -0.2) is 0 Å². The quantitative estimate of drug-likeness (QED) is 0.609. The molecule has 0 spiro atoms. The molecule has 0 radical (unpaired) electrons. The van der Waals surface area contributed by atoms with E-state index < -0.39 is 0 Å². The van der Waals surface area contributed by atoms with Crippen molar-refractivity contribution in [2.45, 2.75) is 51.2 Å². The van der Waals surface area contributed by atoms with E-state index in [1.807, 2.05) is 6.07 Å². The summed E-state index contributed by atoms with van der Waals surface area (Å²) < 4.78 is 11.7. The number of methoxy groups -OCH3 is 1. The van der Waals surface area contributed by atoms with E-state index in [0.717, 1.165) is 37.0 Å². The lowest BCUT2D eigenvalue weighted by molar-refractivity contribution is 0.0209. The summed E-state index contributed by atoms with van der Waals surface area (Å²) in [6, 6.07) is 6.17. The molecule has 0 aromatic heterocycles. The molecule has 3 heteroatoms. The highest BCUT2D eigenvalue weighted by molar-refractivity contribution is 6.18. The van der Waals surface area contributed by atoms with Crippen LogP contribution in [0.1, 0.15) is 43.2 Å². The Morgan fingerprint density at radius 3 is 2.86 bits per heavy atom. The van der Waals surface area contributed by atoms with Crippen LogP contribution in [0.3, 0.4) is 0 Å². The molecule has 0 amide bonds. The highest BCUT2D eigenvalue weighted by Crippen LogP contribution is 2.27. The SMILES string of the molecule is COC1CCCC(Oc2ccc(C)cc2C#CCCCl)C1. The van der Waals surface area contributed by atoms with Crippen molar-refractivity contribution in [1.82, 2.24) is 0 Å². The third kappa shape index (κ3) is 4.95. The van der Waals surface area contributed by atoms with Crippen LogP contribution in [0.25, 0.3) is 0 Å². The second-order valence-corrected chi connectivity index (χ2v) is 5.88. The van der Waals surface area contributed by atoms with Gasteiger partial charge in [0.05, 0.1) is 11.7 Å². The molecule has 0 heterocycles. The summed E-state index contributed by atoms with van der Waals surface area (Å²) >= 11 is 5.68. The lowest BCUT2D eigenvalue weighted by Gasteiger charge is -2.29. The van der Waals surface area contributed by atoms with E-state index in [-0.39, 0.29) is 6.10 Å². The zero-order valence-electron chi connectivity index (χ0n) is 12.8. The minimum absolute atomic E-state index is 0.222. The molecular formula is C18H23ClO2. The molecule has 21 heavy (non-hydrogen) atoms. The van der Waals surface area contributed by atoms with Gasteiger partial charge < -0.3 is 9.47 Å². The summed E-state index contributed by atoms with van der Waals surface area (Å²) in [5, 5.41) is 0. The minimum Gasteiger partial charge on any atom is -0.489 e. The van der Waals surface area contributed by atoms with E-state index in [1.54, 1.807) is 7.11 Å². The largest absolute Gasteiger partial charge is 0.489 e. The predicted octanol–water partition coefficient (Wildman–Crippen LogP) is 4.31. The molecule has 0 bridgehead atoms. The summed E-state index contributed by atoms with van der Waals surface area (Å²) in [4.78, 5) is 0. The van der Waals surface area contributed by atoms with E-state index in [9.17, 15) is 0 Å². The summed E-state index contributed by atoms with van der Waals surface area (Å²) in [6.07, 6.45) is 5.57. The summed E-state index contributed by atoms with van der Waals surface area (Å²) in [5.74, 6) is 7.71. The third-order valence-corrected chi connectivity index (χ3v) is 3.97. The number of halogens is 1. The van der Waals surface area contributed by atoms with Crippen LogP contribution in [0.2, 0.25) is 0 Å². The second-order valence-electron chi connectivity index (χ2n) is 5.50. The average molecular weight is 307 g/mol. The average Bonchev–Trinajstić information content (AvgIpc) is 2.50. The fourth-order valence-corrected chi connectivity index (χ4v) is 2.75. The lowest BCUT2D eigenvalue weighted by Crippen LogP contribution is -2.29. The van der Waals surface area contributed by atoms with Crippen LogP contribution >= 0.6 is 11.6 Å². The molecular weight excluding hydrogens is 284 g/mol. The van der Waals surface area contributed by atoms with E-state index in [4.69, 9.17) is 21.1 Å². The fraction of sp³-hybridized carbons (Fsp3) is 0.556. The Bertz CT molecular complexity index is 516. The molecule has 1 aliphatic carbocycles. The molecule has 2 unspecified atom stereocenters. The number of benzene rings is 1. The normalized spacial score (nSPS) is 21.5. The Balaban J connectivity index is 2.10. The molecule has 2 atom stereocenters. The van der Waals surface area contributed by atoms with Crippen molar-refractivity contribution in [2.24, 2.45) is 0 Å². The van der Waals surface area contributed by atoms with Gasteiger partial charge in [0.1, 0.15) is 11.9 Å². The maximum absolute atomic E-state index is 6.19. The van der Waals surface area contributed by atoms with Crippen LogP contribution in [0.15, 0.2) is 18.2 Å². The van der Waals surface area contributed by atoms with E-state index in [0.29, 0.717) is 18.4 Å². The van der Waals surface area contributed by atoms with E-state index >= 15 is 0 Å². The number of alkyl halides is 1. The van der Waals surface area contributed by atoms with Gasteiger partial charge in [0.2, 0.25) is 0 Å². The van der Waals surface area contributed by atoms with E-state index in [1.165, 1.54) is 5.56 Å². The van der Waals surface area contributed by atoms with E-state index in [2.05, 4.69) is 30.9 Å². The number of aryl methyl sites for hydroxylation is 1. The van der Waals surface area contributed by atoms with Crippen molar-refractivity contribution in [1.29, 1.82) is 0 Å². The van der Waals surface area contributed by atoms with Crippen molar-refractivity contribution < 1.29 is 9.47 Å². The highest BCUT2D eigenvalue weighted by atomic mass is 35.5. The summed E-state index contributed by atoms with van der Waals surface area (Å²) in [6.45, 7) is 2.07. The van der Waals surface area contributed by atoms with Crippen LogP contribution in [0, 0.1) is 18.8 Å². The molecule has 1 aromatic rings. The summed E-state index contributed by atoms with van der Waals surface area (Å²) in [7, 11) is 1.78. The minimum atomic E-state index is 0.222. The molecule has 114 valence electrons. The van der Waals surface area contributed by atoms with Crippen LogP contribution in [0.4, 0.5) is 0 Å². The topological polar surface area (TPSA) is 18.5 Å². The lowest BCUT2D eigenvalue weighted by atomic mass is 9.95. The van der Waals surface area contributed by atoms with Gasteiger partial charge in [-0.1, -0.05) is 17.9 Å². The molecule has 0 aliphatic heterocycles. The smallest absolute Gasteiger partial charge is 0.135 e. The van der Waals surface area contributed by atoms with Crippen molar-refractivity contribution in [3.63, 3.8) is 0 Å². The molecule has 0 N–H and O–H groups in total. The third-order valence-electron chi connectivity index (χ3n) is 3.78. The van der Waals surface area contributed by atoms with Gasteiger partial charge in [-0.2, -0.15) is 0 Å². The van der Waals surface area contributed by atoms with Gasteiger partial charge >= 0.3 is 0 Å². The van der Waals surface area contributed by atoms with Gasteiger partial charge in [-0.05, 0) is 43.9 Å². The zero-order chi connectivity index (χ0) is 15.1. The first-order valence-corrected chi connectivity index (χ1v) is 8.11. The monoisotopic (exact) mass is 306 g/mol. The van der Waals surface area contributed by atoms with Gasteiger partial charge in [0.15, 0.2) is 0 Å². The Kier molecular flexibility index (Phi) is 6.42. The van der Waals surface area contributed by atoms with Crippen LogP contribution in [-0.4, -0.2) is 25.2 Å². The van der Waals surface area contributed by atoms with Crippen molar-refractivity contribution in [3.8, 4) is 17.6 Å². The van der Waals surface area contributed by atoms with Gasteiger partial charge in [-0.3, -0.25) is 0 Å². The first kappa shape index (κ1) is 16.2. The first-order chi connectivity index (χ1) is 10.2. The Labute approximate surface area is 132 Å². The molecule has 1 fully saturated rings. The number of ether oxygens (including phenoxy) is 2. The van der Waals surface area contributed by atoms with Crippen molar-refractivity contribution in [2.75, 3.05) is 13.0 Å². The Morgan fingerprint density at radius 2 is 2.10 bits per heavy atom. The van der Waals surface area contributed by atoms with Gasteiger partial charge in [0.25, 0.3) is 0 Å². The molecule has 1 aromatic carbocycles. The Morgan fingerprint density at radius 1 is 1.29 bits per heavy atom. The summed E-state index contributed by atoms with van der Waals surface area (Å²) in [5.41, 5.74) is 2.15. The highest BCUT2D eigenvalue weighted by Gasteiger charge is 2.23. The first-order valence-electron chi connectivity index (χ1n) is 7.58. The maximum Gasteiger partial charge on any atom is 0.135 e. The zero-order valence-corrected chi connectivity index (χ0v) is 13.6. The van der Waals surface area contributed by atoms with Crippen molar-refractivity contribution >= 4 is 11.6 Å². The molecule has 2 rings (SSSR count). The number of rotatable bonds is 4. The number of hydrogen-bond acceptors (Lipinski definition) is 2. The maximum atomic E-state index is 6.19. The van der Waals surface area contributed by atoms with Crippen LogP contribution in [-0.2, 0) is 4.74 Å². The van der Waals surface area contributed by atoms with Crippen molar-refractivity contribution in [3.05, 3.63) is 29.3 Å². The molecule has 0 saturated heterocycles. The van der Waals surface area contributed by atoms with Crippen LogP contribution < -0.4 is 4.74 Å². The van der Waals surface area contributed by atoms with Gasteiger partial charge in [-0.15, -0.1) is 11.6 Å². The fourth-order valence-electron chi connectivity index (χ4n) is 2.65. The Hall–Kier alpha value is -1.17. The molecule has 1 saturated carbocycles. The molecule has 1 aliphatic rings. The standard InChI is InChI=1S/C18H23ClO2/c1-14-9-10-18(15(12-14)6-3-4-11-19)21-17-8-5-7-16(13-17)20-2/h9-10,12,16-17H,4-5,7-8,11,13H2,1-2H3. The number of hydrogen-bond donors (Lipinski definition) is 0. The van der Waals surface area contributed by atoms with Crippen LogP contribution in [0.5, 0.6) is 5.75 Å².